The average Bonchev–Trinajstić information content (AvgIpc) is 3.36. The van der Waals surface area contributed by atoms with E-state index in [2.05, 4.69) is 31.4 Å². The predicted octanol–water partition coefficient (Wildman–Crippen LogP) is 4.13. The zero-order valence-corrected chi connectivity index (χ0v) is 15.9. The van der Waals surface area contributed by atoms with Crippen LogP contribution in [-0.4, -0.2) is 25.5 Å². The molecule has 7 heteroatoms. The Morgan fingerprint density at radius 2 is 1.78 bits per heavy atom. The van der Waals surface area contributed by atoms with Gasteiger partial charge in [0.25, 0.3) is 5.91 Å². The molecule has 27 heavy (non-hydrogen) atoms. The standard InChI is InChI=1S/C20H16BrN5O/c21-16-8-6-15(7-9-16)14-26-19(10-12-23-26)24-20(27)17-4-1-2-5-18(17)25-13-3-11-22-25/h1-13H,14H2,(H,24,27). The Morgan fingerprint density at radius 1 is 0.963 bits per heavy atom. The molecule has 0 bridgehead atoms. The van der Waals surface area contributed by atoms with E-state index in [9.17, 15) is 4.79 Å². The van der Waals surface area contributed by atoms with Crippen molar-refractivity contribution in [1.82, 2.24) is 19.6 Å². The molecular formula is C20H16BrN5O. The van der Waals surface area contributed by atoms with Crippen molar-refractivity contribution >= 4 is 27.7 Å². The van der Waals surface area contributed by atoms with Crippen LogP contribution in [0.3, 0.4) is 0 Å². The number of benzene rings is 2. The molecule has 2 heterocycles. The molecule has 2 aromatic heterocycles. The summed E-state index contributed by atoms with van der Waals surface area (Å²) in [5, 5.41) is 11.5. The number of hydrogen-bond acceptors (Lipinski definition) is 3. The molecule has 0 atom stereocenters. The molecule has 0 spiro atoms. The number of para-hydroxylation sites is 1. The lowest BCUT2D eigenvalue weighted by molar-refractivity contribution is 0.102. The summed E-state index contributed by atoms with van der Waals surface area (Å²) in [4.78, 5) is 12.9. The van der Waals surface area contributed by atoms with Crippen molar-refractivity contribution in [3.8, 4) is 5.69 Å². The van der Waals surface area contributed by atoms with Crippen LogP contribution in [0.4, 0.5) is 5.82 Å². The van der Waals surface area contributed by atoms with Gasteiger partial charge in [0.2, 0.25) is 0 Å². The molecule has 0 radical (unpaired) electrons. The van der Waals surface area contributed by atoms with E-state index in [4.69, 9.17) is 0 Å². The van der Waals surface area contributed by atoms with Crippen molar-refractivity contribution in [2.45, 2.75) is 6.54 Å². The molecule has 0 unspecified atom stereocenters. The van der Waals surface area contributed by atoms with Crippen molar-refractivity contribution in [2.75, 3.05) is 5.32 Å². The molecule has 134 valence electrons. The van der Waals surface area contributed by atoms with Crippen LogP contribution in [0.15, 0.2) is 83.7 Å². The summed E-state index contributed by atoms with van der Waals surface area (Å²) < 4.78 is 4.46. The lowest BCUT2D eigenvalue weighted by Gasteiger charge is -2.12. The van der Waals surface area contributed by atoms with Crippen molar-refractivity contribution in [3.05, 3.63) is 94.9 Å². The first kappa shape index (κ1) is 17.2. The number of rotatable bonds is 5. The van der Waals surface area contributed by atoms with Crippen molar-refractivity contribution in [3.63, 3.8) is 0 Å². The fourth-order valence-electron chi connectivity index (χ4n) is 2.79. The maximum Gasteiger partial charge on any atom is 0.259 e. The molecule has 2 aromatic carbocycles. The molecule has 0 saturated carbocycles. The van der Waals surface area contributed by atoms with E-state index >= 15 is 0 Å². The molecule has 0 aliphatic rings. The number of hydrogen-bond donors (Lipinski definition) is 1. The highest BCUT2D eigenvalue weighted by atomic mass is 79.9. The van der Waals surface area contributed by atoms with E-state index in [0.29, 0.717) is 17.9 Å². The number of carbonyl (C=O) groups excluding carboxylic acids is 1. The zero-order valence-electron chi connectivity index (χ0n) is 14.3. The minimum Gasteiger partial charge on any atom is -0.307 e. The molecule has 4 aromatic rings. The van der Waals surface area contributed by atoms with Gasteiger partial charge in [-0.05, 0) is 35.9 Å². The third-order valence-corrected chi connectivity index (χ3v) is 4.63. The van der Waals surface area contributed by atoms with Gasteiger partial charge in [0.15, 0.2) is 0 Å². The number of nitrogens with one attached hydrogen (secondary N) is 1. The Labute approximate surface area is 164 Å². The maximum absolute atomic E-state index is 12.9. The molecule has 1 N–H and O–H groups in total. The van der Waals surface area contributed by atoms with Gasteiger partial charge in [0, 0.05) is 22.9 Å². The van der Waals surface area contributed by atoms with Gasteiger partial charge in [-0.1, -0.05) is 40.2 Å². The quantitative estimate of drug-likeness (QED) is 0.526. The van der Waals surface area contributed by atoms with Crippen LogP contribution in [0.5, 0.6) is 0 Å². The highest BCUT2D eigenvalue weighted by Crippen LogP contribution is 2.17. The number of halogens is 1. The van der Waals surface area contributed by atoms with Gasteiger partial charge < -0.3 is 5.32 Å². The summed E-state index contributed by atoms with van der Waals surface area (Å²) >= 11 is 3.43. The number of amides is 1. The summed E-state index contributed by atoms with van der Waals surface area (Å²) in [6.45, 7) is 0.566. The van der Waals surface area contributed by atoms with Crippen molar-refractivity contribution < 1.29 is 4.79 Å². The van der Waals surface area contributed by atoms with Crippen LogP contribution < -0.4 is 5.32 Å². The normalized spacial score (nSPS) is 10.7. The Balaban J connectivity index is 1.57. The van der Waals surface area contributed by atoms with E-state index in [1.165, 1.54) is 0 Å². The van der Waals surface area contributed by atoms with E-state index in [0.717, 1.165) is 15.7 Å². The summed E-state index contributed by atoms with van der Waals surface area (Å²) in [5.41, 5.74) is 2.35. The van der Waals surface area contributed by atoms with Crippen LogP contribution in [0.2, 0.25) is 0 Å². The fourth-order valence-corrected chi connectivity index (χ4v) is 3.05. The first-order valence-electron chi connectivity index (χ1n) is 8.37. The van der Waals surface area contributed by atoms with Gasteiger partial charge in [-0.3, -0.25) is 4.79 Å². The number of carbonyl (C=O) groups is 1. The number of nitrogens with zero attached hydrogens (tertiary/aromatic N) is 4. The summed E-state index contributed by atoms with van der Waals surface area (Å²) in [6.07, 6.45) is 5.17. The molecule has 6 nitrogen and oxygen atoms in total. The summed E-state index contributed by atoms with van der Waals surface area (Å²) in [7, 11) is 0. The van der Waals surface area contributed by atoms with E-state index in [1.54, 1.807) is 33.9 Å². The Kier molecular flexibility index (Phi) is 4.84. The van der Waals surface area contributed by atoms with Gasteiger partial charge in [-0.2, -0.15) is 10.2 Å². The third-order valence-electron chi connectivity index (χ3n) is 4.10. The Bertz CT molecular complexity index is 1050. The van der Waals surface area contributed by atoms with Crippen LogP contribution in [0, 0.1) is 0 Å². The smallest absolute Gasteiger partial charge is 0.259 e. The van der Waals surface area contributed by atoms with E-state index < -0.39 is 0 Å². The third kappa shape index (κ3) is 3.83. The second-order valence-electron chi connectivity index (χ2n) is 5.92. The first-order chi connectivity index (χ1) is 13.2. The minimum atomic E-state index is -0.210. The van der Waals surface area contributed by atoms with Crippen molar-refractivity contribution in [2.24, 2.45) is 0 Å². The van der Waals surface area contributed by atoms with Crippen LogP contribution in [0.25, 0.3) is 5.69 Å². The molecule has 1 amide bonds. The van der Waals surface area contributed by atoms with Gasteiger partial charge in [0.1, 0.15) is 5.82 Å². The molecule has 0 aliphatic carbocycles. The van der Waals surface area contributed by atoms with Gasteiger partial charge in [0.05, 0.1) is 24.0 Å². The molecule has 0 fully saturated rings. The second-order valence-corrected chi connectivity index (χ2v) is 6.84. The fraction of sp³-hybridized carbons (Fsp3) is 0.0500. The maximum atomic E-state index is 12.9. The topological polar surface area (TPSA) is 64.7 Å². The number of anilines is 1. The molecular weight excluding hydrogens is 406 g/mol. The average molecular weight is 422 g/mol. The highest BCUT2D eigenvalue weighted by molar-refractivity contribution is 9.10. The lowest BCUT2D eigenvalue weighted by Crippen LogP contribution is -2.18. The Hall–Kier alpha value is -3.19. The molecule has 4 rings (SSSR count). The number of aromatic nitrogens is 4. The van der Waals surface area contributed by atoms with Crippen LogP contribution in [0.1, 0.15) is 15.9 Å². The summed E-state index contributed by atoms with van der Waals surface area (Å²) in [6, 6.07) is 19.0. The highest BCUT2D eigenvalue weighted by Gasteiger charge is 2.15. The first-order valence-corrected chi connectivity index (χ1v) is 9.17. The SMILES string of the molecule is O=C(Nc1ccnn1Cc1ccc(Br)cc1)c1ccccc1-n1cccn1. The largest absolute Gasteiger partial charge is 0.307 e. The zero-order chi connectivity index (χ0) is 18.6. The van der Waals surface area contributed by atoms with Gasteiger partial charge >= 0.3 is 0 Å². The van der Waals surface area contributed by atoms with Crippen LogP contribution in [-0.2, 0) is 6.54 Å². The molecule has 0 saturated heterocycles. The van der Waals surface area contributed by atoms with Gasteiger partial charge in [-0.15, -0.1) is 0 Å². The lowest BCUT2D eigenvalue weighted by atomic mass is 10.1. The minimum absolute atomic E-state index is 0.210. The second kappa shape index (κ2) is 7.59. The molecule has 0 aliphatic heterocycles. The predicted molar refractivity (Wildman–Crippen MR) is 107 cm³/mol. The van der Waals surface area contributed by atoms with Crippen molar-refractivity contribution in [1.29, 1.82) is 0 Å². The monoisotopic (exact) mass is 421 g/mol. The Morgan fingerprint density at radius 3 is 2.56 bits per heavy atom. The van der Waals surface area contributed by atoms with E-state index in [1.807, 2.05) is 54.7 Å². The summed E-state index contributed by atoms with van der Waals surface area (Å²) in [5.74, 6) is 0.428. The van der Waals surface area contributed by atoms with E-state index in [-0.39, 0.29) is 5.91 Å². The van der Waals surface area contributed by atoms with Crippen LogP contribution >= 0.6 is 15.9 Å². The van der Waals surface area contributed by atoms with Gasteiger partial charge in [-0.25, -0.2) is 9.36 Å².